The van der Waals surface area contributed by atoms with Gasteiger partial charge in [0.05, 0.1) is 6.26 Å². The molecule has 0 radical (unpaired) electrons. The highest BCUT2D eigenvalue weighted by atomic mass is 32.2. The van der Waals surface area contributed by atoms with E-state index in [1.807, 2.05) is 36.4 Å². The van der Waals surface area contributed by atoms with Crippen LogP contribution in [0.2, 0.25) is 0 Å². The number of aldehydes is 1. The van der Waals surface area contributed by atoms with Gasteiger partial charge in [0.2, 0.25) is 0 Å². The predicted molar refractivity (Wildman–Crippen MR) is 106 cm³/mol. The van der Waals surface area contributed by atoms with Gasteiger partial charge in [-0.05, 0) is 48.2 Å². The molecular formula is C20H25NO5S. The van der Waals surface area contributed by atoms with Crippen LogP contribution in [-0.4, -0.2) is 40.7 Å². The van der Waals surface area contributed by atoms with Crippen molar-refractivity contribution in [1.82, 2.24) is 0 Å². The number of nitrogens with one attached hydrogen (secondary N) is 1. The summed E-state index contributed by atoms with van der Waals surface area (Å²) in [6, 6.07) is 15.0. The summed E-state index contributed by atoms with van der Waals surface area (Å²) in [5, 5.41) is 3.36. The second kappa shape index (κ2) is 10.1. The number of carbonyl (C=O) groups excluding carboxylic acids is 1. The highest BCUT2D eigenvalue weighted by Crippen LogP contribution is 2.16. The van der Waals surface area contributed by atoms with Gasteiger partial charge in [-0.2, -0.15) is 8.42 Å². The van der Waals surface area contributed by atoms with Crippen molar-refractivity contribution >= 4 is 22.1 Å². The van der Waals surface area contributed by atoms with Gasteiger partial charge >= 0.3 is 10.1 Å². The van der Waals surface area contributed by atoms with E-state index in [4.69, 9.17) is 8.92 Å². The van der Waals surface area contributed by atoms with E-state index in [9.17, 15) is 13.2 Å². The summed E-state index contributed by atoms with van der Waals surface area (Å²) in [5.41, 5.74) is 3.19. The number of aryl methyl sites for hydroxylation is 1. The van der Waals surface area contributed by atoms with E-state index in [1.165, 1.54) is 7.11 Å². The summed E-state index contributed by atoms with van der Waals surface area (Å²) in [6.07, 6.45) is 3.81. The molecule has 1 atom stereocenters. The van der Waals surface area contributed by atoms with Crippen molar-refractivity contribution in [2.45, 2.75) is 25.4 Å². The number of carbonyl (C=O) groups is 1. The number of anilines is 1. The molecule has 2 rings (SSSR count). The fourth-order valence-corrected chi connectivity index (χ4v) is 3.05. The maximum absolute atomic E-state index is 11.1. The zero-order valence-corrected chi connectivity index (χ0v) is 16.4. The van der Waals surface area contributed by atoms with E-state index >= 15 is 0 Å². The summed E-state index contributed by atoms with van der Waals surface area (Å²) in [5.74, 6) is 0.324. The van der Waals surface area contributed by atoms with Crippen LogP contribution in [0.15, 0.2) is 48.5 Å². The first kappa shape index (κ1) is 20.9. The SMILES string of the molecule is CO[C@H](C=O)Cc1ccc(NCCCc2ccc(OS(C)(=O)=O)cc2)cc1. The van der Waals surface area contributed by atoms with E-state index in [0.29, 0.717) is 12.2 Å². The highest BCUT2D eigenvalue weighted by molar-refractivity contribution is 7.86. The van der Waals surface area contributed by atoms with Gasteiger partial charge in [0, 0.05) is 25.8 Å². The third-order valence-electron chi connectivity index (χ3n) is 3.99. The highest BCUT2D eigenvalue weighted by Gasteiger charge is 2.06. The smallest absolute Gasteiger partial charge is 0.306 e. The number of hydrogen-bond donors (Lipinski definition) is 1. The lowest BCUT2D eigenvalue weighted by Crippen LogP contribution is -2.15. The predicted octanol–water partition coefficient (Wildman–Crippen LogP) is 2.83. The van der Waals surface area contributed by atoms with Crippen LogP contribution in [-0.2, 0) is 32.5 Å². The topological polar surface area (TPSA) is 81.7 Å². The average molecular weight is 391 g/mol. The van der Waals surface area contributed by atoms with Gasteiger partial charge in [-0.3, -0.25) is 0 Å². The van der Waals surface area contributed by atoms with Crippen LogP contribution in [0.25, 0.3) is 0 Å². The van der Waals surface area contributed by atoms with Crippen LogP contribution in [0, 0.1) is 0 Å². The Kier molecular flexibility index (Phi) is 7.82. The van der Waals surface area contributed by atoms with Crippen LogP contribution in [0.1, 0.15) is 17.5 Å². The third kappa shape index (κ3) is 7.80. The fraction of sp³-hybridized carbons (Fsp3) is 0.350. The van der Waals surface area contributed by atoms with Crippen molar-refractivity contribution in [3.8, 4) is 5.75 Å². The largest absolute Gasteiger partial charge is 0.385 e. The van der Waals surface area contributed by atoms with Gasteiger partial charge in [0.15, 0.2) is 0 Å². The Bertz CT molecular complexity index is 816. The Morgan fingerprint density at radius 1 is 1.04 bits per heavy atom. The molecule has 0 bridgehead atoms. The van der Waals surface area contributed by atoms with Gasteiger partial charge in [-0.1, -0.05) is 24.3 Å². The Morgan fingerprint density at radius 3 is 2.22 bits per heavy atom. The minimum Gasteiger partial charge on any atom is -0.385 e. The molecule has 0 spiro atoms. The van der Waals surface area contributed by atoms with Crippen LogP contribution < -0.4 is 9.50 Å². The standard InChI is InChI=1S/C20H25NO5S/c1-25-20(15-22)14-17-5-9-18(10-6-17)21-13-3-4-16-7-11-19(12-8-16)26-27(2,23)24/h5-12,15,20-21H,3-4,13-14H2,1-2H3/t20-/m0/s1. The van der Waals surface area contributed by atoms with Crippen molar-refractivity contribution in [1.29, 1.82) is 0 Å². The second-order valence-electron chi connectivity index (χ2n) is 6.27. The third-order valence-corrected chi connectivity index (χ3v) is 4.48. The normalized spacial score (nSPS) is 12.4. The van der Waals surface area contributed by atoms with Crippen molar-refractivity contribution in [3.63, 3.8) is 0 Å². The molecule has 0 aliphatic rings. The van der Waals surface area contributed by atoms with Crippen LogP contribution >= 0.6 is 0 Å². The molecule has 0 aliphatic heterocycles. The molecule has 27 heavy (non-hydrogen) atoms. The molecule has 2 aromatic carbocycles. The molecule has 0 fully saturated rings. The summed E-state index contributed by atoms with van der Waals surface area (Å²) in [4.78, 5) is 10.8. The monoisotopic (exact) mass is 391 g/mol. The van der Waals surface area contributed by atoms with E-state index < -0.39 is 16.2 Å². The maximum atomic E-state index is 11.1. The molecular weight excluding hydrogens is 366 g/mol. The fourth-order valence-electron chi connectivity index (χ4n) is 2.59. The first-order valence-corrected chi connectivity index (χ1v) is 10.5. The molecule has 0 unspecified atom stereocenters. The van der Waals surface area contributed by atoms with E-state index in [1.54, 1.807) is 12.1 Å². The Morgan fingerprint density at radius 2 is 1.67 bits per heavy atom. The molecule has 0 saturated heterocycles. The molecule has 7 heteroatoms. The van der Waals surface area contributed by atoms with Crippen LogP contribution in [0.3, 0.4) is 0 Å². The van der Waals surface area contributed by atoms with E-state index in [-0.39, 0.29) is 0 Å². The lowest BCUT2D eigenvalue weighted by Gasteiger charge is -2.10. The maximum Gasteiger partial charge on any atom is 0.306 e. The van der Waals surface area contributed by atoms with Gasteiger partial charge < -0.3 is 19.0 Å². The summed E-state index contributed by atoms with van der Waals surface area (Å²) in [7, 11) is -1.96. The van der Waals surface area contributed by atoms with Crippen molar-refractivity contribution < 1.29 is 22.1 Å². The Hall–Kier alpha value is -2.38. The molecule has 2 aromatic rings. The number of methoxy groups -OCH3 is 1. The van der Waals surface area contributed by atoms with Crippen molar-refractivity contribution in [2.75, 3.05) is 25.2 Å². The molecule has 6 nitrogen and oxygen atoms in total. The molecule has 1 N–H and O–H groups in total. The minimum absolute atomic E-state index is 0.324. The van der Waals surface area contributed by atoms with Gasteiger partial charge in [0.25, 0.3) is 0 Å². The van der Waals surface area contributed by atoms with E-state index in [2.05, 4.69) is 5.32 Å². The Balaban J connectivity index is 1.74. The molecule has 0 amide bonds. The number of hydrogen-bond acceptors (Lipinski definition) is 6. The molecule has 0 saturated carbocycles. The first-order valence-electron chi connectivity index (χ1n) is 8.69. The number of rotatable bonds is 11. The first-order chi connectivity index (χ1) is 12.9. The van der Waals surface area contributed by atoms with Crippen LogP contribution in [0.5, 0.6) is 5.75 Å². The lowest BCUT2D eigenvalue weighted by atomic mass is 10.1. The van der Waals surface area contributed by atoms with Crippen molar-refractivity contribution in [3.05, 3.63) is 59.7 Å². The number of benzene rings is 2. The zero-order chi connectivity index (χ0) is 19.7. The number of ether oxygens (including phenoxy) is 1. The van der Waals surface area contributed by atoms with E-state index in [0.717, 1.165) is 48.7 Å². The molecule has 0 aliphatic carbocycles. The van der Waals surface area contributed by atoms with Gasteiger partial charge in [-0.15, -0.1) is 0 Å². The summed E-state index contributed by atoms with van der Waals surface area (Å²) < 4.78 is 32.1. The lowest BCUT2D eigenvalue weighted by molar-refractivity contribution is -0.116. The second-order valence-corrected chi connectivity index (χ2v) is 7.85. The quantitative estimate of drug-likeness (QED) is 0.360. The van der Waals surface area contributed by atoms with Crippen LogP contribution in [0.4, 0.5) is 5.69 Å². The molecule has 0 aromatic heterocycles. The van der Waals surface area contributed by atoms with Crippen molar-refractivity contribution in [2.24, 2.45) is 0 Å². The molecule has 146 valence electrons. The summed E-state index contributed by atoms with van der Waals surface area (Å²) in [6.45, 7) is 0.815. The summed E-state index contributed by atoms with van der Waals surface area (Å²) >= 11 is 0. The van der Waals surface area contributed by atoms with Gasteiger partial charge in [0.1, 0.15) is 18.1 Å². The molecule has 0 heterocycles. The zero-order valence-electron chi connectivity index (χ0n) is 15.6. The Labute approximate surface area is 160 Å². The average Bonchev–Trinajstić information content (AvgIpc) is 2.64. The minimum atomic E-state index is -3.49. The van der Waals surface area contributed by atoms with Gasteiger partial charge in [-0.25, -0.2) is 0 Å².